The lowest BCUT2D eigenvalue weighted by molar-refractivity contribution is -0.135. The number of rotatable bonds is 3. The normalized spacial score (nSPS) is 23.5. The topological polar surface area (TPSA) is 69.7 Å². The first-order valence-corrected chi connectivity index (χ1v) is 9.60. The largest absolute Gasteiger partial charge is 0.336 e. The van der Waals surface area contributed by atoms with Gasteiger partial charge in [-0.25, -0.2) is 12.8 Å². The summed E-state index contributed by atoms with van der Waals surface area (Å²) < 4.78 is 41.3. The Morgan fingerprint density at radius 2 is 2.08 bits per heavy atom. The lowest BCUT2D eigenvalue weighted by atomic mass is 10.1. The van der Waals surface area contributed by atoms with Gasteiger partial charge in [-0.1, -0.05) is 12.1 Å². The molecule has 0 radical (unpaired) electrons. The Morgan fingerprint density at radius 3 is 2.83 bits per heavy atom. The summed E-state index contributed by atoms with van der Waals surface area (Å²) in [5, 5.41) is 3.01. The minimum absolute atomic E-state index is 0.00719. The third-order valence-corrected chi connectivity index (χ3v) is 6.58. The molecule has 2 aliphatic rings. The second-order valence-corrected chi connectivity index (χ2v) is 8.22. The van der Waals surface area contributed by atoms with E-state index in [1.54, 1.807) is 24.0 Å². The number of aryl methyl sites for hydroxylation is 1. The smallest absolute Gasteiger partial charge is 0.246 e. The van der Waals surface area contributed by atoms with Crippen molar-refractivity contribution in [1.82, 2.24) is 14.5 Å². The van der Waals surface area contributed by atoms with E-state index < -0.39 is 15.8 Å². The fraction of sp³-hybridized carbons (Fsp3) is 0.562. The van der Waals surface area contributed by atoms with E-state index >= 15 is 0 Å². The van der Waals surface area contributed by atoms with E-state index in [4.69, 9.17) is 0 Å². The van der Waals surface area contributed by atoms with Gasteiger partial charge in [-0.3, -0.25) is 4.79 Å². The molecule has 2 aliphatic heterocycles. The van der Waals surface area contributed by atoms with Gasteiger partial charge in [0.05, 0.1) is 6.54 Å². The minimum Gasteiger partial charge on any atom is -0.336 e. The van der Waals surface area contributed by atoms with Crippen molar-refractivity contribution in [2.75, 3.05) is 32.7 Å². The molecule has 8 heteroatoms. The summed E-state index contributed by atoms with van der Waals surface area (Å²) >= 11 is 0. The molecule has 2 saturated heterocycles. The van der Waals surface area contributed by atoms with Crippen LogP contribution in [-0.2, 0) is 14.8 Å². The van der Waals surface area contributed by atoms with Crippen LogP contribution >= 0.6 is 0 Å². The number of halogens is 1. The summed E-state index contributed by atoms with van der Waals surface area (Å²) in [4.78, 5) is 13.5. The van der Waals surface area contributed by atoms with Crippen LogP contribution in [0.5, 0.6) is 0 Å². The Labute approximate surface area is 141 Å². The molecule has 1 aromatic carbocycles. The number of nitrogens with zero attached hydrogens (tertiary/aromatic N) is 2. The monoisotopic (exact) mass is 355 g/mol. The van der Waals surface area contributed by atoms with Crippen LogP contribution < -0.4 is 5.32 Å². The standard InChI is InChI=1S/C16H22FN3O3S/c1-12-4-2-6-14(16(12)17)24(22,23)19-8-3-5-13(11-19)20-9-7-18-10-15(20)21/h2,4,6,13,18H,3,5,7-11H2,1H3. The van der Waals surface area contributed by atoms with Crippen LogP contribution in [0.3, 0.4) is 0 Å². The van der Waals surface area contributed by atoms with Crippen molar-refractivity contribution < 1.29 is 17.6 Å². The number of amides is 1. The summed E-state index contributed by atoms with van der Waals surface area (Å²) in [6.45, 7) is 3.70. The van der Waals surface area contributed by atoms with Crippen molar-refractivity contribution in [2.24, 2.45) is 0 Å². The van der Waals surface area contributed by atoms with Crippen molar-refractivity contribution in [3.63, 3.8) is 0 Å². The summed E-state index contributed by atoms with van der Waals surface area (Å²) in [6.07, 6.45) is 1.43. The molecule has 0 bridgehead atoms. The van der Waals surface area contributed by atoms with Crippen molar-refractivity contribution in [3.8, 4) is 0 Å². The maximum absolute atomic E-state index is 14.3. The highest BCUT2D eigenvalue weighted by Crippen LogP contribution is 2.26. The number of piperazine rings is 1. The van der Waals surface area contributed by atoms with Crippen LogP contribution in [0, 0.1) is 12.7 Å². The van der Waals surface area contributed by atoms with Crippen molar-refractivity contribution >= 4 is 15.9 Å². The molecule has 6 nitrogen and oxygen atoms in total. The molecule has 132 valence electrons. The first-order valence-electron chi connectivity index (χ1n) is 8.16. The molecule has 3 rings (SSSR count). The number of carbonyl (C=O) groups excluding carboxylic acids is 1. The zero-order chi connectivity index (χ0) is 17.3. The van der Waals surface area contributed by atoms with E-state index in [2.05, 4.69) is 5.32 Å². The molecule has 1 N–H and O–H groups in total. The van der Waals surface area contributed by atoms with E-state index in [-0.39, 0.29) is 29.9 Å². The Balaban J connectivity index is 1.83. The molecule has 2 heterocycles. The molecule has 0 aliphatic carbocycles. The Bertz CT molecular complexity index is 738. The van der Waals surface area contributed by atoms with E-state index in [1.807, 2.05) is 0 Å². The lowest BCUT2D eigenvalue weighted by Crippen LogP contribution is -2.57. The summed E-state index contributed by atoms with van der Waals surface area (Å²) in [5.41, 5.74) is 0.307. The van der Waals surface area contributed by atoms with Crippen molar-refractivity contribution in [3.05, 3.63) is 29.6 Å². The maximum atomic E-state index is 14.3. The highest BCUT2D eigenvalue weighted by Gasteiger charge is 2.36. The fourth-order valence-corrected chi connectivity index (χ4v) is 5.01. The second-order valence-electron chi connectivity index (χ2n) is 6.31. The lowest BCUT2D eigenvalue weighted by Gasteiger charge is -2.40. The number of hydrogen-bond acceptors (Lipinski definition) is 4. The van der Waals surface area contributed by atoms with E-state index in [9.17, 15) is 17.6 Å². The fourth-order valence-electron chi connectivity index (χ4n) is 3.36. The van der Waals surface area contributed by atoms with Crippen LogP contribution in [0.15, 0.2) is 23.1 Å². The number of nitrogens with one attached hydrogen (secondary N) is 1. The van der Waals surface area contributed by atoms with E-state index in [1.165, 1.54) is 10.4 Å². The maximum Gasteiger partial charge on any atom is 0.246 e. The average molecular weight is 355 g/mol. The van der Waals surface area contributed by atoms with Crippen LogP contribution in [0.2, 0.25) is 0 Å². The van der Waals surface area contributed by atoms with Gasteiger partial charge in [0, 0.05) is 32.2 Å². The van der Waals surface area contributed by atoms with Crippen LogP contribution in [0.25, 0.3) is 0 Å². The summed E-state index contributed by atoms with van der Waals surface area (Å²) in [5.74, 6) is -0.704. The quantitative estimate of drug-likeness (QED) is 0.867. The number of hydrogen-bond donors (Lipinski definition) is 1. The molecule has 0 spiro atoms. The predicted molar refractivity (Wildman–Crippen MR) is 87.5 cm³/mol. The third-order valence-electron chi connectivity index (χ3n) is 4.70. The van der Waals surface area contributed by atoms with Gasteiger partial charge in [0.2, 0.25) is 15.9 Å². The highest BCUT2D eigenvalue weighted by molar-refractivity contribution is 7.89. The van der Waals surface area contributed by atoms with Crippen molar-refractivity contribution in [1.29, 1.82) is 0 Å². The van der Waals surface area contributed by atoms with Gasteiger partial charge < -0.3 is 10.2 Å². The molecule has 24 heavy (non-hydrogen) atoms. The van der Waals surface area contributed by atoms with Gasteiger partial charge >= 0.3 is 0 Å². The van der Waals surface area contributed by atoms with Gasteiger partial charge in [0.15, 0.2) is 0 Å². The third kappa shape index (κ3) is 3.18. The molecule has 1 atom stereocenters. The molecular formula is C16H22FN3O3S. The molecule has 0 aromatic heterocycles. The zero-order valence-corrected chi connectivity index (χ0v) is 14.5. The first-order chi connectivity index (χ1) is 11.4. The number of piperidine rings is 1. The number of carbonyl (C=O) groups is 1. The Morgan fingerprint density at radius 1 is 1.29 bits per heavy atom. The van der Waals surface area contributed by atoms with Gasteiger partial charge in [0.25, 0.3) is 0 Å². The SMILES string of the molecule is Cc1cccc(S(=O)(=O)N2CCCC(N3CCNCC3=O)C2)c1F. The van der Waals surface area contributed by atoms with Crippen LogP contribution in [-0.4, -0.2) is 62.3 Å². The molecular weight excluding hydrogens is 333 g/mol. The Kier molecular flexibility index (Phi) is 4.89. The predicted octanol–water partition coefficient (Wildman–Crippen LogP) is 0.719. The molecule has 1 unspecified atom stereocenters. The minimum atomic E-state index is -3.90. The molecule has 2 fully saturated rings. The number of benzene rings is 1. The average Bonchev–Trinajstić information content (AvgIpc) is 2.58. The number of sulfonamides is 1. The van der Waals surface area contributed by atoms with Crippen molar-refractivity contribution in [2.45, 2.75) is 30.7 Å². The molecule has 0 saturated carbocycles. The second kappa shape index (κ2) is 6.78. The van der Waals surface area contributed by atoms with Gasteiger partial charge in [-0.2, -0.15) is 4.31 Å². The summed E-state index contributed by atoms with van der Waals surface area (Å²) in [6, 6.07) is 4.26. The van der Waals surface area contributed by atoms with Gasteiger partial charge in [-0.15, -0.1) is 0 Å². The first kappa shape index (κ1) is 17.3. The van der Waals surface area contributed by atoms with E-state index in [0.717, 1.165) is 6.42 Å². The summed E-state index contributed by atoms with van der Waals surface area (Å²) in [7, 11) is -3.90. The van der Waals surface area contributed by atoms with Gasteiger partial charge in [0.1, 0.15) is 10.7 Å². The van der Waals surface area contributed by atoms with Crippen LogP contribution in [0.4, 0.5) is 4.39 Å². The molecule has 1 aromatic rings. The molecule has 1 amide bonds. The van der Waals surface area contributed by atoms with Gasteiger partial charge in [-0.05, 0) is 31.4 Å². The van der Waals surface area contributed by atoms with E-state index in [0.29, 0.717) is 31.6 Å². The highest BCUT2D eigenvalue weighted by atomic mass is 32.2. The van der Waals surface area contributed by atoms with Crippen LogP contribution in [0.1, 0.15) is 18.4 Å². The zero-order valence-electron chi connectivity index (χ0n) is 13.7. The Hall–Kier alpha value is -1.51.